The van der Waals surface area contributed by atoms with Crippen LogP contribution in [0.1, 0.15) is 10.4 Å². The van der Waals surface area contributed by atoms with Gasteiger partial charge in [-0.05, 0) is 24.3 Å². The van der Waals surface area contributed by atoms with E-state index in [0.717, 1.165) is 0 Å². The van der Waals surface area contributed by atoms with Gasteiger partial charge in [-0.1, -0.05) is 35.3 Å². The zero-order valence-electron chi connectivity index (χ0n) is 10.1. The maximum absolute atomic E-state index is 13.8. The van der Waals surface area contributed by atoms with E-state index in [9.17, 15) is 9.18 Å². The van der Waals surface area contributed by atoms with Crippen molar-refractivity contribution in [3.8, 4) is 11.3 Å². The highest BCUT2D eigenvalue weighted by Crippen LogP contribution is 2.35. The lowest BCUT2D eigenvalue weighted by atomic mass is 10.1. The van der Waals surface area contributed by atoms with Crippen molar-refractivity contribution in [2.24, 2.45) is 0 Å². The molecule has 0 saturated carbocycles. The second-order valence-corrected chi connectivity index (χ2v) is 5.16. The Morgan fingerprint density at radius 2 is 1.95 bits per heavy atom. The third-order valence-electron chi connectivity index (χ3n) is 3.14. The van der Waals surface area contributed by atoms with Crippen molar-refractivity contribution in [1.82, 2.24) is 4.98 Å². The zero-order valence-corrected chi connectivity index (χ0v) is 11.6. The maximum Gasteiger partial charge on any atom is 0.152 e. The van der Waals surface area contributed by atoms with Crippen molar-refractivity contribution in [3.63, 3.8) is 0 Å². The number of carbonyl (C=O) groups excluding carboxylic acids is 1. The van der Waals surface area contributed by atoms with E-state index >= 15 is 0 Å². The fourth-order valence-corrected chi connectivity index (χ4v) is 2.61. The van der Waals surface area contributed by atoms with Crippen LogP contribution in [0.3, 0.4) is 0 Å². The lowest BCUT2D eigenvalue weighted by Gasteiger charge is -2.03. The number of nitrogens with one attached hydrogen (secondary N) is 1. The molecule has 1 aromatic heterocycles. The Kier molecular flexibility index (Phi) is 3.24. The number of para-hydroxylation sites is 1. The van der Waals surface area contributed by atoms with Crippen molar-refractivity contribution in [1.29, 1.82) is 0 Å². The predicted molar refractivity (Wildman–Crippen MR) is 79.1 cm³/mol. The fraction of sp³-hybridized carbons (Fsp3) is 0. The van der Waals surface area contributed by atoms with Crippen molar-refractivity contribution in [3.05, 3.63) is 57.8 Å². The normalized spacial score (nSPS) is 10.9. The van der Waals surface area contributed by atoms with E-state index in [1.54, 1.807) is 30.3 Å². The van der Waals surface area contributed by atoms with Gasteiger partial charge in [-0.3, -0.25) is 4.79 Å². The van der Waals surface area contributed by atoms with Gasteiger partial charge >= 0.3 is 0 Å². The molecule has 3 rings (SSSR count). The summed E-state index contributed by atoms with van der Waals surface area (Å²) in [6.07, 6.45) is 0.685. The van der Waals surface area contributed by atoms with Crippen LogP contribution in [0.15, 0.2) is 36.4 Å². The van der Waals surface area contributed by atoms with Crippen LogP contribution < -0.4 is 0 Å². The molecule has 20 heavy (non-hydrogen) atoms. The first-order valence-electron chi connectivity index (χ1n) is 5.82. The average Bonchev–Trinajstić information content (AvgIpc) is 2.81. The quantitative estimate of drug-likeness (QED) is 0.657. The second-order valence-electron chi connectivity index (χ2n) is 4.32. The molecule has 0 aliphatic heterocycles. The molecule has 0 aliphatic rings. The van der Waals surface area contributed by atoms with Crippen molar-refractivity contribution < 1.29 is 9.18 Å². The lowest BCUT2D eigenvalue weighted by Crippen LogP contribution is -1.86. The van der Waals surface area contributed by atoms with E-state index in [-0.39, 0.29) is 5.52 Å². The number of halogens is 3. The number of aromatic nitrogens is 1. The standard InChI is InChI=1S/C15H8Cl2FNO/c16-8-4-5-12(17)10(6-8)14-11(7-20)9-2-1-3-13(18)15(9)19-14/h1-7,19H. The minimum atomic E-state index is -0.421. The Labute approximate surface area is 124 Å². The molecule has 0 fully saturated rings. The van der Waals surface area contributed by atoms with Gasteiger partial charge in [0, 0.05) is 21.5 Å². The monoisotopic (exact) mass is 307 g/mol. The molecule has 0 atom stereocenters. The highest BCUT2D eigenvalue weighted by Gasteiger charge is 2.17. The molecule has 0 aliphatic carbocycles. The van der Waals surface area contributed by atoms with E-state index in [1.165, 1.54) is 6.07 Å². The molecule has 2 nitrogen and oxygen atoms in total. The number of hydrogen-bond acceptors (Lipinski definition) is 1. The first-order valence-corrected chi connectivity index (χ1v) is 6.58. The van der Waals surface area contributed by atoms with Crippen LogP contribution in [0.2, 0.25) is 10.0 Å². The summed E-state index contributed by atoms with van der Waals surface area (Å²) in [6.45, 7) is 0. The summed E-state index contributed by atoms with van der Waals surface area (Å²) in [5.74, 6) is -0.421. The molecule has 0 spiro atoms. The third kappa shape index (κ3) is 1.99. The summed E-state index contributed by atoms with van der Waals surface area (Å²) < 4.78 is 13.8. The SMILES string of the molecule is O=Cc1c(-c2cc(Cl)ccc2Cl)[nH]c2c(F)cccc12. The number of aromatic amines is 1. The molecule has 0 unspecified atom stereocenters. The van der Waals surface area contributed by atoms with Crippen LogP contribution in [0, 0.1) is 5.82 Å². The summed E-state index contributed by atoms with van der Waals surface area (Å²) in [7, 11) is 0. The highest BCUT2D eigenvalue weighted by molar-refractivity contribution is 6.35. The van der Waals surface area contributed by atoms with Crippen molar-refractivity contribution in [2.75, 3.05) is 0 Å². The summed E-state index contributed by atoms with van der Waals surface area (Å²) in [5, 5.41) is 1.44. The van der Waals surface area contributed by atoms with Gasteiger partial charge in [-0.15, -0.1) is 0 Å². The van der Waals surface area contributed by atoms with Crippen molar-refractivity contribution >= 4 is 40.4 Å². The molecule has 0 radical (unpaired) electrons. The molecule has 0 amide bonds. The van der Waals surface area contributed by atoms with Crippen LogP contribution in [-0.2, 0) is 0 Å². The molecule has 0 bridgehead atoms. The van der Waals surface area contributed by atoms with Crippen LogP contribution in [-0.4, -0.2) is 11.3 Å². The van der Waals surface area contributed by atoms with Gasteiger partial charge in [0.2, 0.25) is 0 Å². The minimum Gasteiger partial charge on any atom is -0.351 e. The van der Waals surface area contributed by atoms with Crippen molar-refractivity contribution in [2.45, 2.75) is 0 Å². The van der Waals surface area contributed by atoms with Gasteiger partial charge in [0.1, 0.15) is 5.82 Å². The molecular formula is C15H8Cl2FNO. The van der Waals surface area contributed by atoms with Gasteiger partial charge in [0.05, 0.1) is 16.2 Å². The van der Waals surface area contributed by atoms with Gasteiger partial charge in [0.15, 0.2) is 6.29 Å². The molecule has 1 heterocycles. The number of hydrogen-bond donors (Lipinski definition) is 1. The van der Waals surface area contributed by atoms with Crippen LogP contribution in [0.5, 0.6) is 0 Å². The molecule has 2 aromatic carbocycles. The van der Waals surface area contributed by atoms with Crippen LogP contribution >= 0.6 is 23.2 Å². The van der Waals surface area contributed by atoms with Gasteiger partial charge in [0.25, 0.3) is 0 Å². The summed E-state index contributed by atoms with van der Waals surface area (Å²) >= 11 is 12.1. The number of carbonyl (C=O) groups is 1. The van der Waals surface area contributed by atoms with E-state index in [4.69, 9.17) is 23.2 Å². The Balaban J connectivity index is 2.39. The fourth-order valence-electron chi connectivity index (χ4n) is 2.23. The Bertz CT molecular complexity index is 826. The van der Waals surface area contributed by atoms with Gasteiger partial charge < -0.3 is 4.98 Å². The highest BCUT2D eigenvalue weighted by atomic mass is 35.5. The Morgan fingerprint density at radius 3 is 2.70 bits per heavy atom. The predicted octanol–water partition coefficient (Wildman–Crippen LogP) is 5.09. The summed E-state index contributed by atoms with van der Waals surface area (Å²) in [5.41, 5.74) is 1.67. The molecule has 3 aromatic rings. The van der Waals surface area contributed by atoms with E-state index in [2.05, 4.69) is 4.98 Å². The minimum absolute atomic E-state index is 0.278. The average molecular weight is 308 g/mol. The zero-order chi connectivity index (χ0) is 14.3. The number of fused-ring (bicyclic) bond motifs is 1. The lowest BCUT2D eigenvalue weighted by molar-refractivity contribution is 0.112. The van der Waals surface area contributed by atoms with E-state index in [1.807, 2.05) is 0 Å². The summed E-state index contributed by atoms with van der Waals surface area (Å²) in [6, 6.07) is 9.49. The number of rotatable bonds is 2. The smallest absolute Gasteiger partial charge is 0.152 e. The number of H-pyrrole nitrogens is 1. The van der Waals surface area contributed by atoms with E-state index < -0.39 is 5.82 Å². The number of aldehydes is 1. The summed E-state index contributed by atoms with van der Waals surface area (Å²) in [4.78, 5) is 14.3. The Morgan fingerprint density at radius 1 is 1.15 bits per heavy atom. The molecular weight excluding hydrogens is 300 g/mol. The van der Waals surface area contributed by atoms with Crippen LogP contribution in [0.25, 0.3) is 22.2 Å². The molecule has 5 heteroatoms. The van der Waals surface area contributed by atoms with Gasteiger partial charge in [-0.25, -0.2) is 4.39 Å². The molecule has 1 N–H and O–H groups in total. The first kappa shape index (κ1) is 13.2. The van der Waals surface area contributed by atoms with Gasteiger partial charge in [-0.2, -0.15) is 0 Å². The maximum atomic E-state index is 13.8. The topological polar surface area (TPSA) is 32.9 Å². The third-order valence-corrected chi connectivity index (χ3v) is 3.70. The number of benzene rings is 2. The first-order chi connectivity index (χ1) is 9.61. The molecule has 0 saturated heterocycles. The Hall–Kier alpha value is -1.84. The molecule has 100 valence electrons. The second kappa shape index (κ2) is 4.93. The largest absolute Gasteiger partial charge is 0.351 e. The van der Waals surface area contributed by atoms with Crippen LogP contribution in [0.4, 0.5) is 4.39 Å². The van der Waals surface area contributed by atoms with E-state index in [0.29, 0.717) is 38.5 Å².